The number of nitrogens with one attached hydrogen (secondary N) is 1. The molecule has 3 aromatic rings. The van der Waals surface area contributed by atoms with E-state index in [9.17, 15) is 4.79 Å². The number of benzene rings is 1. The van der Waals surface area contributed by atoms with Crippen LogP contribution in [-0.4, -0.2) is 9.38 Å². The van der Waals surface area contributed by atoms with Gasteiger partial charge in [-0.25, -0.2) is 4.98 Å². The maximum Gasteiger partial charge on any atom is 0.258 e. The van der Waals surface area contributed by atoms with Crippen LogP contribution in [0.1, 0.15) is 5.69 Å². The lowest BCUT2D eigenvalue weighted by atomic mass is 10.3. The Labute approximate surface area is 134 Å². The number of aromatic nitrogens is 2. The molecule has 6 heteroatoms. The smallest absolute Gasteiger partial charge is 0.258 e. The summed E-state index contributed by atoms with van der Waals surface area (Å²) < 4.78 is 2.44. The summed E-state index contributed by atoms with van der Waals surface area (Å²) >= 11 is 9.52. The first-order valence-corrected chi connectivity index (χ1v) is 7.47. The number of hydrogen-bond acceptors (Lipinski definition) is 3. The second-order valence-electron chi connectivity index (χ2n) is 4.49. The van der Waals surface area contributed by atoms with Crippen LogP contribution in [0, 0.1) is 0 Å². The monoisotopic (exact) mass is 363 g/mol. The zero-order valence-corrected chi connectivity index (χ0v) is 13.2. The van der Waals surface area contributed by atoms with Crippen molar-refractivity contribution in [3.05, 3.63) is 74.2 Å². The van der Waals surface area contributed by atoms with Gasteiger partial charge in [0.2, 0.25) is 0 Å². The van der Waals surface area contributed by atoms with Crippen molar-refractivity contribution in [1.82, 2.24) is 9.38 Å². The van der Waals surface area contributed by atoms with Gasteiger partial charge in [-0.2, -0.15) is 0 Å². The lowest BCUT2D eigenvalue weighted by Gasteiger charge is -2.09. The van der Waals surface area contributed by atoms with Gasteiger partial charge in [0.25, 0.3) is 5.56 Å². The Morgan fingerprint density at radius 1 is 1.24 bits per heavy atom. The summed E-state index contributed by atoms with van der Waals surface area (Å²) in [7, 11) is 0. The minimum Gasteiger partial charge on any atom is -0.378 e. The zero-order chi connectivity index (χ0) is 14.8. The first kappa shape index (κ1) is 14.1. The first-order chi connectivity index (χ1) is 10.1. The van der Waals surface area contributed by atoms with E-state index < -0.39 is 0 Å². The van der Waals surface area contributed by atoms with E-state index in [1.165, 1.54) is 10.5 Å². The number of halogens is 2. The van der Waals surface area contributed by atoms with Crippen LogP contribution >= 0.6 is 27.5 Å². The maximum absolute atomic E-state index is 12.0. The van der Waals surface area contributed by atoms with Crippen LogP contribution in [0.4, 0.5) is 5.69 Å². The van der Waals surface area contributed by atoms with Gasteiger partial charge >= 0.3 is 0 Å². The minimum absolute atomic E-state index is 0.0993. The van der Waals surface area contributed by atoms with E-state index in [0.717, 1.165) is 10.2 Å². The van der Waals surface area contributed by atoms with Crippen molar-refractivity contribution in [3.8, 4) is 0 Å². The number of hydrogen-bond donors (Lipinski definition) is 1. The normalized spacial score (nSPS) is 10.8. The lowest BCUT2D eigenvalue weighted by Crippen LogP contribution is -2.16. The summed E-state index contributed by atoms with van der Waals surface area (Å²) in [6, 6.07) is 12.5. The molecule has 0 bridgehead atoms. The van der Waals surface area contributed by atoms with Crippen LogP contribution < -0.4 is 10.9 Å². The predicted molar refractivity (Wildman–Crippen MR) is 87.9 cm³/mol. The Balaban J connectivity index is 1.88. The molecule has 0 saturated carbocycles. The number of rotatable bonds is 3. The average Bonchev–Trinajstić information content (AvgIpc) is 2.48. The van der Waals surface area contributed by atoms with Crippen molar-refractivity contribution < 1.29 is 0 Å². The molecule has 2 heterocycles. The predicted octanol–water partition coefficient (Wildman–Crippen LogP) is 3.72. The van der Waals surface area contributed by atoms with E-state index in [1.54, 1.807) is 24.4 Å². The molecule has 0 fully saturated rings. The summed E-state index contributed by atoms with van der Waals surface area (Å²) in [5, 5.41) is 3.81. The molecular weight excluding hydrogens is 354 g/mol. The molecule has 0 saturated heterocycles. The Bertz CT molecular complexity index is 863. The molecule has 21 heavy (non-hydrogen) atoms. The summed E-state index contributed by atoms with van der Waals surface area (Å²) in [4.78, 5) is 16.4. The fourth-order valence-electron chi connectivity index (χ4n) is 2.01. The Hall–Kier alpha value is -1.85. The van der Waals surface area contributed by atoms with Crippen molar-refractivity contribution in [1.29, 1.82) is 0 Å². The van der Waals surface area contributed by atoms with E-state index in [-0.39, 0.29) is 5.56 Å². The van der Waals surface area contributed by atoms with Crippen LogP contribution in [0.5, 0.6) is 0 Å². The van der Waals surface area contributed by atoms with Gasteiger partial charge in [-0.15, -0.1) is 0 Å². The Morgan fingerprint density at radius 3 is 2.95 bits per heavy atom. The third-order valence-corrected chi connectivity index (χ3v) is 3.84. The molecule has 2 aromatic heterocycles. The molecule has 3 rings (SSSR count). The molecule has 0 aliphatic rings. The molecule has 0 amide bonds. The van der Waals surface area contributed by atoms with Crippen molar-refractivity contribution in [2.45, 2.75) is 6.54 Å². The van der Waals surface area contributed by atoms with E-state index in [0.29, 0.717) is 22.9 Å². The topological polar surface area (TPSA) is 46.4 Å². The van der Waals surface area contributed by atoms with E-state index in [2.05, 4.69) is 26.2 Å². The van der Waals surface area contributed by atoms with Crippen LogP contribution in [0.25, 0.3) is 5.65 Å². The van der Waals surface area contributed by atoms with Gasteiger partial charge in [0.1, 0.15) is 5.65 Å². The van der Waals surface area contributed by atoms with Gasteiger partial charge < -0.3 is 5.32 Å². The Kier molecular flexibility index (Phi) is 3.94. The largest absolute Gasteiger partial charge is 0.378 e. The van der Waals surface area contributed by atoms with E-state index in [4.69, 9.17) is 11.6 Å². The molecule has 4 nitrogen and oxygen atoms in total. The van der Waals surface area contributed by atoms with Gasteiger partial charge in [-0.1, -0.05) is 33.6 Å². The third kappa shape index (κ3) is 3.09. The molecule has 1 aromatic carbocycles. The Morgan fingerprint density at radius 2 is 2.10 bits per heavy atom. The van der Waals surface area contributed by atoms with Crippen LogP contribution in [0.15, 0.2) is 57.9 Å². The van der Waals surface area contributed by atoms with Crippen LogP contribution in [0.2, 0.25) is 5.02 Å². The van der Waals surface area contributed by atoms with Crippen molar-refractivity contribution in [3.63, 3.8) is 0 Å². The van der Waals surface area contributed by atoms with Gasteiger partial charge in [-0.05, 0) is 30.3 Å². The SMILES string of the molecule is O=c1cc(CNc2cc(Br)ccc2Cl)nc2ccccn12. The van der Waals surface area contributed by atoms with Crippen molar-refractivity contribution in [2.75, 3.05) is 5.32 Å². The summed E-state index contributed by atoms with van der Waals surface area (Å²) in [5.74, 6) is 0. The summed E-state index contributed by atoms with van der Waals surface area (Å²) in [5.41, 5.74) is 1.99. The number of fused-ring (bicyclic) bond motifs is 1. The number of anilines is 1. The third-order valence-electron chi connectivity index (χ3n) is 3.01. The fourth-order valence-corrected chi connectivity index (χ4v) is 2.56. The van der Waals surface area contributed by atoms with Gasteiger partial charge in [-0.3, -0.25) is 9.20 Å². The van der Waals surface area contributed by atoms with Crippen LogP contribution in [-0.2, 0) is 6.54 Å². The highest BCUT2D eigenvalue weighted by atomic mass is 79.9. The lowest BCUT2D eigenvalue weighted by molar-refractivity contribution is 0.971. The molecule has 0 atom stereocenters. The van der Waals surface area contributed by atoms with E-state index >= 15 is 0 Å². The second-order valence-corrected chi connectivity index (χ2v) is 5.82. The van der Waals surface area contributed by atoms with E-state index in [1.807, 2.05) is 18.2 Å². The highest BCUT2D eigenvalue weighted by Crippen LogP contribution is 2.25. The quantitative estimate of drug-likeness (QED) is 0.770. The van der Waals surface area contributed by atoms with Crippen molar-refractivity contribution >= 4 is 38.9 Å². The summed E-state index contributed by atoms with van der Waals surface area (Å²) in [6.45, 7) is 0.427. The van der Waals surface area contributed by atoms with Crippen LogP contribution in [0.3, 0.4) is 0 Å². The van der Waals surface area contributed by atoms with Gasteiger partial charge in [0, 0.05) is 16.7 Å². The maximum atomic E-state index is 12.0. The molecule has 106 valence electrons. The molecule has 0 spiro atoms. The average molecular weight is 365 g/mol. The number of pyridine rings is 1. The molecular formula is C15H11BrClN3O. The molecule has 0 aliphatic heterocycles. The second kappa shape index (κ2) is 5.87. The summed E-state index contributed by atoms with van der Waals surface area (Å²) in [6.07, 6.45) is 1.70. The number of nitrogens with zero attached hydrogens (tertiary/aromatic N) is 2. The minimum atomic E-state index is -0.0993. The molecule has 0 radical (unpaired) electrons. The zero-order valence-electron chi connectivity index (χ0n) is 10.9. The molecule has 0 aliphatic carbocycles. The highest BCUT2D eigenvalue weighted by Gasteiger charge is 2.04. The molecule has 1 N–H and O–H groups in total. The van der Waals surface area contributed by atoms with Gasteiger partial charge in [0.15, 0.2) is 0 Å². The first-order valence-electron chi connectivity index (χ1n) is 6.30. The standard InChI is InChI=1S/C15H11BrClN3O/c16-10-4-5-12(17)13(7-10)18-9-11-8-15(21)20-6-2-1-3-14(20)19-11/h1-8,18H,9H2. The van der Waals surface area contributed by atoms with Crippen molar-refractivity contribution in [2.24, 2.45) is 0 Å². The highest BCUT2D eigenvalue weighted by molar-refractivity contribution is 9.10. The fraction of sp³-hybridized carbons (Fsp3) is 0.0667. The molecule has 0 unspecified atom stereocenters. The van der Waals surface area contributed by atoms with Gasteiger partial charge in [0.05, 0.1) is 22.9 Å².